The first-order valence-electron chi connectivity index (χ1n) is 4.60. The van der Waals surface area contributed by atoms with Crippen molar-refractivity contribution in [2.75, 3.05) is 6.54 Å². The van der Waals surface area contributed by atoms with Gasteiger partial charge in [-0.05, 0) is 33.6 Å². The second-order valence-corrected chi connectivity index (χ2v) is 4.24. The van der Waals surface area contributed by atoms with Crippen molar-refractivity contribution in [1.82, 2.24) is 10.2 Å². The molecular weight excluding hydrogens is 279 g/mol. The lowest BCUT2D eigenvalue weighted by atomic mass is 10.2. The van der Waals surface area contributed by atoms with Crippen molar-refractivity contribution in [2.45, 2.75) is 6.54 Å². The Morgan fingerprint density at radius 3 is 2.75 bits per heavy atom. The maximum absolute atomic E-state index is 13.0. The molecule has 0 spiro atoms. The van der Waals surface area contributed by atoms with Crippen molar-refractivity contribution in [3.8, 4) is 0 Å². The fourth-order valence-corrected chi connectivity index (χ4v) is 1.86. The zero-order valence-electron chi connectivity index (χ0n) is 8.17. The molecule has 1 N–H and O–H groups in total. The summed E-state index contributed by atoms with van der Waals surface area (Å²) in [4.78, 5) is 23.6. The summed E-state index contributed by atoms with van der Waals surface area (Å²) in [6, 6.07) is 3.97. The van der Waals surface area contributed by atoms with Gasteiger partial charge in [-0.15, -0.1) is 0 Å². The molecule has 0 aromatic heterocycles. The molecule has 3 amide bonds. The van der Waals surface area contributed by atoms with Gasteiger partial charge in [-0.2, -0.15) is 0 Å². The van der Waals surface area contributed by atoms with Gasteiger partial charge in [0, 0.05) is 0 Å². The van der Waals surface area contributed by atoms with Gasteiger partial charge in [-0.3, -0.25) is 9.69 Å². The lowest BCUT2D eigenvalue weighted by molar-refractivity contribution is -0.125. The number of halogens is 2. The molecule has 1 aliphatic heterocycles. The molecule has 1 saturated heterocycles. The normalized spacial score (nSPS) is 15.5. The SMILES string of the molecule is O=C1CNC(=O)N1Cc1ccc(F)c(Br)c1. The van der Waals surface area contributed by atoms with E-state index in [4.69, 9.17) is 0 Å². The van der Waals surface area contributed by atoms with E-state index in [0.717, 1.165) is 4.90 Å². The third kappa shape index (κ3) is 2.06. The standard InChI is InChI=1S/C10H8BrFN2O2/c11-7-3-6(1-2-8(7)12)5-14-9(15)4-13-10(14)16/h1-3H,4-5H2,(H,13,16). The third-order valence-corrected chi connectivity index (χ3v) is 2.87. The summed E-state index contributed by atoms with van der Waals surface area (Å²) in [5.74, 6) is -0.647. The number of urea groups is 1. The van der Waals surface area contributed by atoms with Gasteiger partial charge in [0.05, 0.1) is 17.6 Å². The minimum Gasteiger partial charge on any atom is -0.329 e. The Balaban J connectivity index is 2.17. The van der Waals surface area contributed by atoms with E-state index in [9.17, 15) is 14.0 Å². The first kappa shape index (κ1) is 11.1. The lowest BCUT2D eigenvalue weighted by Gasteiger charge is -2.12. The van der Waals surface area contributed by atoms with E-state index in [0.29, 0.717) is 10.0 Å². The van der Waals surface area contributed by atoms with Crippen LogP contribution in [0.5, 0.6) is 0 Å². The first-order chi connectivity index (χ1) is 7.58. The topological polar surface area (TPSA) is 49.4 Å². The summed E-state index contributed by atoms with van der Waals surface area (Å²) in [6.07, 6.45) is 0. The van der Waals surface area contributed by atoms with Crippen LogP contribution in [0.15, 0.2) is 22.7 Å². The van der Waals surface area contributed by atoms with E-state index in [1.165, 1.54) is 6.07 Å². The van der Waals surface area contributed by atoms with E-state index in [1.807, 2.05) is 0 Å². The van der Waals surface area contributed by atoms with Gasteiger partial charge in [0.2, 0.25) is 5.91 Å². The molecule has 84 valence electrons. The minimum absolute atomic E-state index is 0.0290. The molecule has 1 heterocycles. The highest BCUT2D eigenvalue weighted by atomic mass is 79.9. The Kier molecular flexibility index (Phi) is 2.91. The number of carbonyl (C=O) groups excluding carboxylic acids is 2. The van der Waals surface area contributed by atoms with Crippen LogP contribution in [0.1, 0.15) is 5.56 Å². The Morgan fingerprint density at radius 1 is 1.44 bits per heavy atom. The number of nitrogens with one attached hydrogen (secondary N) is 1. The summed E-state index contributed by atoms with van der Waals surface area (Å²) in [6.45, 7) is 0.185. The first-order valence-corrected chi connectivity index (χ1v) is 5.39. The zero-order valence-corrected chi connectivity index (χ0v) is 9.75. The maximum atomic E-state index is 13.0. The molecule has 16 heavy (non-hydrogen) atoms. The lowest BCUT2D eigenvalue weighted by Crippen LogP contribution is -2.30. The molecule has 0 saturated carbocycles. The molecule has 1 aromatic carbocycles. The molecule has 0 atom stereocenters. The minimum atomic E-state index is -0.412. The van der Waals surface area contributed by atoms with E-state index in [-0.39, 0.29) is 24.8 Å². The van der Waals surface area contributed by atoms with Crippen molar-refractivity contribution in [1.29, 1.82) is 0 Å². The van der Waals surface area contributed by atoms with Gasteiger partial charge in [-0.25, -0.2) is 9.18 Å². The third-order valence-electron chi connectivity index (χ3n) is 2.26. The van der Waals surface area contributed by atoms with Crippen LogP contribution in [0.25, 0.3) is 0 Å². The fourth-order valence-electron chi connectivity index (χ4n) is 1.44. The molecule has 0 aliphatic carbocycles. The molecule has 0 bridgehead atoms. The molecule has 1 aromatic rings. The number of imide groups is 1. The van der Waals surface area contributed by atoms with Crippen molar-refractivity contribution >= 4 is 27.9 Å². The summed E-state index contributed by atoms with van der Waals surface area (Å²) in [5.41, 5.74) is 0.693. The van der Waals surface area contributed by atoms with Gasteiger partial charge in [0.1, 0.15) is 5.82 Å². The van der Waals surface area contributed by atoms with Gasteiger partial charge in [0.15, 0.2) is 0 Å². The van der Waals surface area contributed by atoms with Gasteiger partial charge < -0.3 is 5.32 Å². The molecule has 4 nitrogen and oxygen atoms in total. The summed E-state index contributed by atoms with van der Waals surface area (Å²) in [7, 11) is 0. The number of hydrogen-bond donors (Lipinski definition) is 1. The van der Waals surface area contributed by atoms with Crippen LogP contribution in [0, 0.1) is 5.82 Å². The second kappa shape index (κ2) is 4.21. The van der Waals surface area contributed by atoms with Crippen LogP contribution in [0.2, 0.25) is 0 Å². The largest absolute Gasteiger partial charge is 0.329 e. The van der Waals surface area contributed by atoms with Crippen molar-refractivity contribution < 1.29 is 14.0 Å². The van der Waals surface area contributed by atoms with Crippen LogP contribution >= 0.6 is 15.9 Å². The Hall–Kier alpha value is -1.43. The molecule has 0 unspecified atom stereocenters. The van der Waals surface area contributed by atoms with Gasteiger partial charge >= 0.3 is 6.03 Å². The van der Waals surface area contributed by atoms with Crippen LogP contribution < -0.4 is 5.32 Å². The van der Waals surface area contributed by atoms with Crippen molar-refractivity contribution in [3.63, 3.8) is 0 Å². The highest BCUT2D eigenvalue weighted by Gasteiger charge is 2.28. The highest BCUT2D eigenvalue weighted by Crippen LogP contribution is 2.18. The summed E-state index contributed by atoms with van der Waals surface area (Å²) >= 11 is 3.05. The number of rotatable bonds is 2. The smallest absolute Gasteiger partial charge is 0.324 e. The molecule has 1 aliphatic rings. The maximum Gasteiger partial charge on any atom is 0.324 e. The van der Waals surface area contributed by atoms with E-state index >= 15 is 0 Å². The Bertz CT molecular complexity index is 448. The number of nitrogens with zero attached hydrogens (tertiary/aromatic N) is 1. The van der Waals surface area contributed by atoms with E-state index < -0.39 is 6.03 Å². The van der Waals surface area contributed by atoms with E-state index in [1.54, 1.807) is 12.1 Å². The Labute approximate surface area is 99.6 Å². The average Bonchev–Trinajstić information content (AvgIpc) is 2.55. The highest BCUT2D eigenvalue weighted by molar-refractivity contribution is 9.10. The average molecular weight is 287 g/mol. The van der Waals surface area contributed by atoms with Gasteiger partial charge in [0.25, 0.3) is 0 Å². The molecule has 0 radical (unpaired) electrons. The molecule has 1 fully saturated rings. The Morgan fingerprint density at radius 2 is 2.19 bits per heavy atom. The number of carbonyl (C=O) groups is 2. The van der Waals surface area contributed by atoms with Crippen molar-refractivity contribution in [2.24, 2.45) is 0 Å². The van der Waals surface area contributed by atoms with Crippen LogP contribution in [-0.4, -0.2) is 23.4 Å². The monoisotopic (exact) mass is 286 g/mol. The second-order valence-electron chi connectivity index (χ2n) is 3.39. The predicted octanol–water partition coefficient (Wildman–Crippen LogP) is 1.64. The zero-order chi connectivity index (χ0) is 11.7. The van der Waals surface area contributed by atoms with Crippen LogP contribution in [0.3, 0.4) is 0 Å². The number of benzene rings is 1. The fraction of sp³-hybridized carbons (Fsp3) is 0.200. The number of amides is 3. The number of hydrogen-bond acceptors (Lipinski definition) is 2. The van der Waals surface area contributed by atoms with Crippen LogP contribution in [-0.2, 0) is 11.3 Å². The molecule has 6 heteroatoms. The van der Waals surface area contributed by atoms with Gasteiger partial charge in [-0.1, -0.05) is 6.07 Å². The summed E-state index contributed by atoms with van der Waals surface area (Å²) < 4.78 is 13.3. The molecule has 2 rings (SSSR count). The quantitative estimate of drug-likeness (QED) is 0.841. The van der Waals surface area contributed by atoms with Crippen LogP contribution in [0.4, 0.5) is 9.18 Å². The van der Waals surface area contributed by atoms with E-state index in [2.05, 4.69) is 21.2 Å². The molecular formula is C10H8BrFN2O2. The summed E-state index contributed by atoms with van der Waals surface area (Å²) in [5, 5.41) is 2.42. The predicted molar refractivity (Wildman–Crippen MR) is 58.0 cm³/mol. The van der Waals surface area contributed by atoms with Crippen molar-refractivity contribution in [3.05, 3.63) is 34.1 Å².